The van der Waals surface area contributed by atoms with Crippen LogP contribution in [0.25, 0.3) is 0 Å². The smallest absolute Gasteiger partial charge is 0.238 e. The standard InChI is InChI=1S/C18H24N2O5S/c1-13-7-8-14(11-18(13)26(19,22)23)15(21)12-20-9-10-25-17-6-4-3-5-16(17)24-2/h3-8,11,15,20-21H,9-10,12H2,1-2H3,(H2,19,22,23)/t15-/m1/s1. The lowest BCUT2D eigenvalue weighted by atomic mass is 10.1. The average molecular weight is 380 g/mol. The predicted molar refractivity (Wildman–Crippen MR) is 98.9 cm³/mol. The van der Waals surface area contributed by atoms with E-state index in [0.29, 0.717) is 35.8 Å². The first-order valence-corrected chi connectivity index (χ1v) is 9.65. The Kier molecular flexibility index (Phi) is 6.98. The molecule has 0 radical (unpaired) electrons. The van der Waals surface area contributed by atoms with Crippen LogP contribution >= 0.6 is 0 Å². The van der Waals surface area contributed by atoms with Gasteiger partial charge in [0.2, 0.25) is 10.0 Å². The molecule has 4 N–H and O–H groups in total. The number of aliphatic hydroxyl groups excluding tert-OH is 1. The number of methoxy groups -OCH3 is 1. The largest absolute Gasteiger partial charge is 0.493 e. The van der Waals surface area contributed by atoms with Gasteiger partial charge in [-0.1, -0.05) is 24.3 Å². The van der Waals surface area contributed by atoms with Crippen LogP contribution in [0.3, 0.4) is 0 Å². The van der Waals surface area contributed by atoms with Crippen LogP contribution in [0.4, 0.5) is 0 Å². The van der Waals surface area contributed by atoms with Crippen LogP contribution in [0.15, 0.2) is 47.4 Å². The van der Waals surface area contributed by atoms with Gasteiger partial charge in [0.15, 0.2) is 11.5 Å². The van der Waals surface area contributed by atoms with Crippen molar-refractivity contribution < 1.29 is 23.0 Å². The van der Waals surface area contributed by atoms with Crippen molar-refractivity contribution in [3.05, 3.63) is 53.6 Å². The Morgan fingerprint density at radius 2 is 1.88 bits per heavy atom. The Labute approximate surface area is 153 Å². The minimum Gasteiger partial charge on any atom is -0.493 e. The number of ether oxygens (including phenoxy) is 2. The lowest BCUT2D eigenvalue weighted by molar-refractivity contribution is 0.171. The quantitative estimate of drug-likeness (QED) is 0.567. The lowest BCUT2D eigenvalue weighted by Crippen LogP contribution is -2.26. The van der Waals surface area contributed by atoms with Crippen molar-refractivity contribution >= 4 is 10.0 Å². The maximum Gasteiger partial charge on any atom is 0.238 e. The fourth-order valence-corrected chi connectivity index (χ4v) is 3.28. The summed E-state index contributed by atoms with van der Waals surface area (Å²) >= 11 is 0. The second-order valence-electron chi connectivity index (χ2n) is 5.79. The fraction of sp³-hybridized carbons (Fsp3) is 0.333. The van der Waals surface area contributed by atoms with E-state index in [1.54, 1.807) is 26.2 Å². The lowest BCUT2D eigenvalue weighted by Gasteiger charge is -2.15. The Morgan fingerprint density at radius 3 is 2.54 bits per heavy atom. The third-order valence-electron chi connectivity index (χ3n) is 3.85. The number of aliphatic hydroxyl groups is 1. The molecule has 0 saturated carbocycles. The third kappa shape index (κ3) is 5.43. The van der Waals surface area contributed by atoms with Crippen molar-refractivity contribution in [1.82, 2.24) is 5.32 Å². The first-order valence-electron chi connectivity index (χ1n) is 8.11. The summed E-state index contributed by atoms with van der Waals surface area (Å²) in [5.74, 6) is 1.30. The third-order valence-corrected chi connectivity index (χ3v) is 4.90. The predicted octanol–water partition coefficient (Wildman–Crippen LogP) is 1.35. The molecule has 0 heterocycles. The molecule has 0 fully saturated rings. The number of primary sulfonamides is 1. The van der Waals surface area contributed by atoms with Gasteiger partial charge in [0.1, 0.15) is 6.61 Å². The summed E-state index contributed by atoms with van der Waals surface area (Å²) in [6.07, 6.45) is -0.859. The number of aryl methyl sites for hydroxylation is 1. The molecule has 0 aliphatic rings. The molecule has 1 atom stereocenters. The van der Waals surface area contributed by atoms with E-state index in [9.17, 15) is 13.5 Å². The van der Waals surface area contributed by atoms with E-state index in [1.807, 2.05) is 24.3 Å². The summed E-state index contributed by atoms with van der Waals surface area (Å²) in [5.41, 5.74) is 1.03. The average Bonchev–Trinajstić information content (AvgIpc) is 2.61. The molecular weight excluding hydrogens is 356 g/mol. The van der Waals surface area contributed by atoms with Gasteiger partial charge < -0.3 is 19.9 Å². The van der Waals surface area contributed by atoms with E-state index in [0.717, 1.165) is 0 Å². The maximum absolute atomic E-state index is 11.6. The zero-order valence-corrected chi connectivity index (χ0v) is 15.6. The highest BCUT2D eigenvalue weighted by Gasteiger charge is 2.15. The highest BCUT2D eigenvalue weighted by atomic mass is 32.2. The molecule has 0 spiro atoms. The van der Waals surface area contributed by atoms with Gasteiger partial charge in [0.05, 0.1) is 18.1 Å². The molecule has 0 aliphatic heterocycles. The van der Waals surface area contributed by atoms with Crippen LogP contribution in [0, 0.1) is 6.92 Å². The normalized spacial score (nSPS) is 12.6. The van der Waals surface area contributed by atoms with Gasteiger partial charge in [-0.3, -0.25) is 0 Å². The Bertz CT molecular complexity index is 839. The van der Waals surface area contributed by atoms with Crippen molar-refractivity contribution in [2.24, 2.45) is 5.14 Å². The van der Waals surface area contributed by atoms with Gasteiger partial charge >= 0.3 is 0 Å². The minimum absolute atomic E-state index is 0.0218. The van der Waals surface area contributed by atoms with Crippen molar-refractivity contribution in [1.29, 1.82) is 0 Å². The summed E-state index contributed by atoms with van der Waals surface area (Å²) in [7, 11) is -2.24. The molecule has 2 rings (SSSR count). The number of sulfonamides is 1. The molecule has 0 aliphatic carbocycles. The van der Waals surface area contributed by atoms with E-state index >= 15 is 0 Å². The topological polar surface area (TPSA) is 111 Å². The minimum atomic E-state index is -3.82. The zero-order valence-electron chi connectivity index (χ0n) is 14.8. The van der Waals surface area contributed by atoms with Crippen molar-refractivity contribution in [3.63, 3.8) is 0 Å². The van der Waals surface area contributed by atoms with Gasteiger partial charge in [-0.15, -0.1) is 0 Å². The van der Waals surface area contributed by atoms with Crippen LogP contribution in [0.2, 0.25) is 0 Å². The Hall–Kier alpha value is -2.13. The van der Waals surface area contributed by atoms with Gasteiger partial charge in [-0.2, -0.15) is 0 Å². The van der Waals surface area contributed by atoms with Crippen molar-refractivity contribution in [2.75, 3.05) is 26.8 Å². The summed E-state index contributed by atoms with van der Waals surface area (Å²) in [6, 6.07) is 12.1. The van der Waals surface area contributed by atoms with E-state index < -0.39 is 16.1 Å². The van der Waals surface area contributed by atoms with E-state index in [1.165, 1.54) is 6.07 Å². The number of nitrogens with one attached hydrogen (secondary N) is 1. The molecule has 26 heavy (non-hydrogen) atoms. The molecule has 7 nitrogen and oxygen atoms in total. The number of hydrogen-bond donors (Lipinski definition) is 3. The summed E-state index contributed by atoms with van der Waals surface area (Å²) in [4.78, 5) is 0.0218. The monoisotopic (exact) mass is 380 g/mol. The van der Waals surface area contributed by atoms with Crippen LogP contribution in [-0.4, -0.2) is 40.3 Å². The second kappa shape index (κ2) is 9.00. The van der Waals surface area contributed by atoms with E-state index in [2.05, 4.69) is 5.32 Å². The number of benzene rings is 2. The molecule has 0 saturated heterocycles. The highest BCUT2D eigenvalue weighted by molar-refractivity contribution is 7.89. The molecule has 0 aromatic heterocycles. The molecule has 0 bridgehead atoms. The van der Waals surface area contributed by atoms with Crippen LogP contribution < -0.4 is 19.9 Å². The van der Waals surface area contributed by atoms with Crippen molar-refractivity contribution in [2.45, 2.75) is 17.9 Å². The van der Waals surface area contributed by atoms with E-state index in [-0.39, 0.29) is 11.4 Å². The van der Waals surface area contributed by atoms with Gasteiger partial charge in [0, 0.05) is 13.1 Å². The molecule has 0 unspecified atom stereocenters. The Balaban J connectivity index is 1.85. The van der Waals surface area contributed by atoms with Gasteiger partial charge in [-0.25, -0.2) is 13.6 Å². The SMILES string of the molecule is COc1ccccc1OCCNC[C@@H](O)c1ccc(C)c(S(N)(=O)=O)c1. The highest BCUT2D eigenvalue weighted by Crippen LogP contribution is 2.25. The number of hydrogen-bond acceptors (Lipinski definition) is 6. The van der Waals surface area contributed by atoms with Crippen molar-refractivity contribution in [3.8, 4) is 11.5 Å². The summed E-state index contributed by atoms with van der Waals surface area (Å²) in [5, 5.41) is 18.5. The second-order valence-corrected chi connectivity index (χ2v) is 7.32. The molecule has 2 aromatic carbocycles. The number of para-hydroxylation sites is 2. The number of nitrogens with two attached hydrogens (primary N) is 1. The van der Waals surface area contributed by atoms with Gasteiger partial charge in [0.25, 0.3) is 0 Å². The molecule has 142 valence electrons. The van der Waals surface area contributed by atoms with Crippen LogP contribution in [0.1, 0.15) is 17.2 Å². The molecule has 8 heteroatoms. The first kappa shape index (κ1) is 20.2. The Morgan fingerprint density at radius 1 is 1.19 bits per heavy atom. The molecule has 0 amide bonds. The van der Waals surface area contributed by atoms with Gasteiger partial charge in [-0.05, 0) is 36.2 Å². The number of rotatable bonds is 9. The molecule has 2 aromatic rings. The first-order chi connectivity index (χ1) is 12.3. The zero-order chi connectivity index (χ0) is 19.2. The van der Waals surface area contributed by atoms with Crippen LogP contribution in [0.5, 0.6) is 11.5 Å². The summed E-state index contributed by atoms with van der Waals surface area (Å²) < 4.78 is 34.0. The maximum atomic E-state index is 11.6. The fourth-order valence-electron chi connectivity index (χ4n) is 2.46. The summed E-state index contributed by atoms with van der Waals surface area (Å²) in [6.45, 7) is 2.80. The van der Waals surface area contributed by atoms with Crippen LogP contribution in [-0.2, 0) is 10.0 Å². The molecular formula is C18H24N2O5S. The van der Waals surface area contributed by atoms with E-state index in [4.69, 9.17) is 14.6 Å².